The van der Waals surface area contributed by atoms with Gasteiger partial charge in [-0.3, -0.25) is 0 Å². The van der Waals surface area contributed by atoms with Crippen molar-refractivity contribution in [3.63, 3.8) is 0 Å². The molecule has 0 radical (unpaired) electrons. The van der Waals surface area contributed by atoms with Crippen molar-refractivity contribution in [2.24, 2.45) is 5.92 Å². The molecule has 0 spiro atoms. The molecular weight excluding hydrogens is 442 g/mol. The van der Waals surface area contributed by atoms with E-state index in [9.17, 15) is 4.79 Å². The summed E-state index contributed by atoms with van der Waals surface area (Å²) in [4.78, 5) is 27.6. The van der Waals surface area contributed by atoms with Crippen LogP contribution in [0.3, 0.4) is 0 Å². The van der Waals surface area contributed by atoms with E-state index in [2.05, 4.69) is 66.2 Å². The molecule has 0 amide bonds. The van der Waals surface area contributed by atoms with Gasteiger partial charge in [0.2, 0.25) is 0 Å². The van der Waals surface area contributed by atoms with Crippen molar-refractivity contribution in [2.75, 3.05) is 23.3 Å². The topological polar surface area (TPSA) is 71.0 Å². The first-order valence-corrected chi connectivity index (χ1v) is 11.1. The maximum atomic E-state index is 11.5. The second-order valence-electron chi connectivity index (χ2n) is 8.11. The first-order chi connectivity index (χ1) is 14.4. The van der Waals surface area contributed by atoms with Crippen LogP contribution in [0.4, 0.5) is 11.6 Å². The zero-order valence-electron chi connectivity index (χ0n) is 17.5. The Hall–Kier alpha value is -2.54. The molecule has 1 N–H and O–H groups in total. The van der Waals surface area contributed by atoms with E-state index < -0.39 is 0 Å². The Kier molecular flexibility index (Phi) is 5.99. The van der Waals surface area contributed by atoms with E-state index in [1.807, 2.05) is 25.3 Å². The van der Waals surface area contributed by atoms with Gasteiger partial charge in [-0.15, -0.1) is 0 Å². The normalized spacial score (nSPS) is 17.3. The fourth-order valence-corrected chi connectivity index (χ4v) is 4.52. The van der Waals surface area contributed by atoms with Crippen molar-refractivity contribution < 1.29 is 4.79 Å². The number of nitrogens with one attached hydrogen (secondary N) is 1. The summed E-state index contributed by atoms with van der Waals surface area (Å²) in [7, 11) is 0. The number of pyridine rings is 1. The van der Waals surface area contributed by atoms with Crippen LogP contribution in [-0.2, 0) is 4.79 Å². The molecule has 7 heteroatoms. The minimum atomic E-state index is 0.0864. The third kappa shape index (κ3) is 4.61. The fourth-order valence-electron chi connectivity index (χ4n) is 4.10. The average Bonchev–Trinajstić information content (AvgIpc) is 3.15. The predicted molar refractivity (Wildman–Crippen MR) is 124 cm³/mol. The van der Waals surface area contributed by atoms with Gasteiger partial charge in [-0.1, -0.05) is 28.1 Å². The molecule has 3 aromatic rings. The molecule has 2 atom stereocenters. The van der Waals surface area contributed by atoms with Gasteiger partial charge in [-0.05, 0) is 56.9 Å². The smallest absolute Gasteiger partial charge is 0.138 e. The quantitative estimate of drug-likeness (QED) is 0.545. The predicted octanol–water partition coefficient (Wildman–Crippen LogP) is 5.07. The largest absolute Gasteiger partial charge is 0.363 e. The number of Topliss-reactive ketones (excluding diaryl/α,β-unsaturated/α-hetero) is 1. The zero-order chi connectivity index (χ0) is 21.3. The number of carbonyl (C=O) groups is 1. The standard InChI is InChI=1S/C23H26BrN5O/c1-14(30)9-17-7-8-29(13-17)22-11-20-21(12-25-22)27-16(3)28-23(20)26-15(2)18-5-4-6-19(24)10-18/h4-6,10-12,15,17H,7-9,13H2,1-3H3,(H,26,27,28)/t15-,17?/m1/s1. The molecule has 1 aliphatic heterocycles. The molecule has 1 saturated heterocycles. The van der Waals surface area contributed by atoms with E-state index in [4.69, 9.17) is 0 Å². The number of aromatic nitrogens is 3. The molecule has 0 saturated carbocycles. The van der Waals surface area contributed by atoms with Crippen molar-refractivity contribution in [2.45, 2.75) is 39.7 Å². The molecule has 1 aliphatic rings. The lowest BCUT2D eigenvalue weighted by Gasteiger charge is -2.20. The number of ketones is 1. The van der Waals surface area contributed by atoms with E-state index in [1.165, 1.54) is 5.56 Å². The van der Waals surface area contributed by atoms with Crippen LogP contribution >= 0.6 is 15.9 Å². The van der Waals surface area contributed by atoms with Crippen molar-refractivity contribution in [3.8, 4) is 0 Å². The van der Waals surface area contributed by atoms with Crippen LogP contribution in [-0.4, -0.2) is 33.8 Å². The molecule has 2 aromatic heterocycles. The molecular formula is C23H26BrN5O. The van der Waals surface area contributed by atoms with Gasteiger partial charge in [0.05, 0.1) is 17.8 Å². The minimum absolute atomic E-state index is 0.0864. The maximum absolute atomic E-state index is 11.5. The van der Waals surface area contributed by atoms with Crippen LogP contribution in [0.5, 0.6) is 0 Å². The summed E-state index contributed by atoms with van der Waals surface area (Å²) in [5.74, 6) is 3.10. The van der Waals surface area contributed by atoms with Crippen LogP contribution in [0.2, 0.25) is 0 Å². The maximum Gasteiger partial charge on any atom is 0.138 e. The highest BCUT2D eigenvalue weighted by Crippen LogP contribution is 2.30. The van der Waals surface area contributed by atoms with Gasteiger partial charge in [0.1, 0.15) is 23.2 Å². The van der Waals surface area contributed by atoms with Gasteiger partial charge < -0.3 is 15.0 Å². The number of halogens is 1. The Balaban J connectivity index is 1.63. The number of aryl methyl sites for hydroxylation is 1. The van der Waals surface area contributed by atoms with Crippen LogP contribution in [0.25, 0.3) is 10.9 Å². The van der Waals surface area contributed by atoms with Gasteiger partial charge in [-0.25, -0.2) is 15.0 Å². The summed E-state index contributed by atoms with van der Waals surface area (Å²) in [6, 6.07) is 10.4. The molecule has 6 nitrogen and oxygen atoms in total. The number of fused-ring (bicyclic) bond motifs is 1. The minimum Gasteiger partial charge on any atom is -0.363 e. The highest BCUT2D eigenvalue weighted by Gasteiger charge is 2.25. The molecule has 0 bridgehead atoms. The second-order valence-corrected chi connectivity index (χ2v) is 9.02. The Morgan fingerprint density at radius 3 is 2.93 bits per heavy atom. The highest BCUT2D eigenvalue weighted by molar-refractivity contribution is 9.10. The number of rotatable bonds is 6. The summed E-state index contributed by atoms with van der Waals surface area (Å²) in [5.41, 5.74) is 2.00. The van der Waals surface area contributed by atoms with Gasteiger partial charge in [0.15, 0.2) is 0 Å². The Morgan fingerprint density at radius 1 is 1.33 bits per heavy atom. The van der Waals surface area contributed by atoms with Gasteiger partial charge in [0.25, 0.3) is 0 Å². The van der Waals surface area contributed by atoms with Crippen molar-refractivity contribution >= 4 is 44.3 Å². The van der Waals surface area contributed by atoms with Gasteiger partial charge >= 0.3 is 0 Å². The van der Waals surface area contributed by atoms with E-state index in [0.29, 0.717) is 18.2 Å². The highest BCUT2D eigenvalue weighted by atomic mass is 79.9. The monoisotopic (exact) mass is 467 g/mol. The lowest BCUT2D eigenvalue weighted by molar-refractivity contribution is -0.117. The van der Waals surface area contributed by atoms with Crippen molar-refractivity contribution in [1.82, 2.24) is 15.0 Å². The molecule has 4 rings (SSSR count). The van der Waals surface area contributed by atoms with E-state index >= 15 is 0 Å². The Bertz CT molecular complexity index is 1090. The lowest BCUT2D eigenvalue weighted by atomic mass is 10.0. The van der Waals surface area contributed by atoms with Gasteiger partial charge in [-0.2, -0.15) is 0 Å². The summed E-state index contributed by atoms with van der Waals surface area (Å²) in [5, 5.41) is 4.52. The molecule has 30 heavy (non-hydrogen) atoms. The summed E-state index contributed by atoms with van der Waals surface area (Å²) >= 11 is 3.55. The molecule has 1 unspecified atom stereocenters. The fraction of sp³-hybridized carbons (Fsp3) is 0.391. The Morgan fingerprint density at radius 2 is 2.17 bits per heavy atom. The first-order valence-electron chi connectivity index (χ1n) is 10.3. The van der Waals surface area contributed by atoms with E-state index in [0.717, 1.165) is 46.5 Å². The summed E-state index contributed by atoms with van der Waals surface area (Å²) in [6.45, 7) is 7.47. The van der Waals surface area contributed by atoms with E-state index in [-0.39, 0.29) is 11.8 Å². The molecule has 0 aliphatic carbocycles. The molecule has 1 aromatic carbocycles. The summed E-state index contributed by atoms with van der Waals surface area (Å²) in [6.07, 6.45) is 3.49. The molecule has 1 fully saturated rings. The van der Waals surface area contributed by atoms with Crippen molar-refractivity contribution in [1.29, 1.82) is 0 Å². The average molecular weight is 468 g/mol. The number of anilines is 2. The number of benzene rings is 1. The molecule has 156 valence electrons. The molecule has 3 heterocycles. The van der Waals surface area contributed by atoms with Crippen molar-refractivity contribution in [3.05, 3.63) is 52.4 Å². The number of hydrogen-bond acceptors (Lipinski definition) is 6. The number of carbonyl (C=O) groups excluding carboxylic acids is 1. The van der Waals surface area contributed by atoms with Gasteiger partial charge in [0, 0.05) is 29.4 Å². The number of hydrogen-bond donors (Lipinski definition) is 1. The van der Waals surface area contributed by atoms with Crippen LogP contribution < -0.4 is 10.2 Å². The SMILES string of the molecule is CC(=O)CC1CCN(c2cc3c(N[C@H](C)c4cccc(Br)c4)nc(C)nc3cn2)C1. The Labute approximate surface area is 185 Å². The van der Waals surface area contributed by atoms with E-state index in [1.54, 1.807) is 6.92 Å². The second kappa shape index (κ2) is 8.68. The third-order valence-electron chi connectivity index (χ3n) is 5.57. The first kappa shape index (κ1) is 20.7. The van der Waals surface area contributed by atoms with Crippen LogP contribution in [0.1, 0.15) is 44.1 Å². The lowest BCUT2D eigenvalue weighted by Crippen LogP contribution is -2.21. The number of nitrogens with zero attached hydrogens (tertiary/aromatic N) is 4. The summed E-state index contributed by atoms with van der Waals surface area (Å²) < 4.78 is 1.05. The van der Waals surface area contributed by atoms with Crippen LogP contribution in [0, 0.1) is 12.8 Å². The zero-order valence-corrected chi connectivity index (χ0v) is 19.1. The van der Waals surface area contributed by atoms with Crippen LogP contribution in [0.15, 0.2) is 41.0 Å². The third-order valence-corrected chi connectivity index (χ3v) is 6.06.